The van der Waals surface area contributed by atoms with Crippen LogP contribution in [-0.2, 0) is 0 Å². The molecule has 1 aromatic heterocycles. The van der Waals surface area contributed by atoms with Gasteiger partial charge in [0.25, 0.3) is 0 Å². The molecule has 25 heavy (non-hydrogen) atoms. The molecule has 1 saturated heterocycles. The van der Waals surface area contributed by atoms with Crippen LogP contribution in [0.1, 0.15) is 50.0 Å². The van der Waals surface area contributed by atoms with Crippen molar-refractivity contribution < 1.29 is 0 Å². The van der Waals surface area contributed by atoms with E-state index in [1.807, 2.05) is 12.4 Å². The molecule has 0 amide bonds. The molecule has 1 aromatic carbocycles. The average Bonchev–Trinajstić information content (AvgIpc) is 2.70. The number of nitrogens with zero attached hydrogens (tertiary/aromatic N) is 3. The highest BCUT2D eigenvalue weighted by Crippen LogP contribution is 2.37. The standard InChI is InChI=1S/C21H28N4/c1-2-6-17(7-3-1)20-8-4-5-9-21(20)25-12-10-18(11-13-25)24-19-14-22-16-23-15-19/h1-3,6-7,14-16,18,20-21,24H,4-5,8-13H2. The van der Waals surface area contributed by atoms with E-state index in [0.29, 0.717) is 12.0 Å². The Kier molecular flexibility index (Phi) is 5.26. The summed E-state index contributed by atoms with van der Waals surface area (Å²) in [6.07, 6.45) is 13.2. The molecule has 4 heteroatoms. The minimum atomic E-state index is 0.543. The lowest BCUT2D eigenvalue weighted by Gasteiger charge is -2.43. The summed E-state index contributed by atoms with van der Waals surface area (Å²) >= 11 is 0. The lowest BCUT2D eigenvalue weighted by molar-refractivity contribution is 0.109. The number of nitrogens with one attached hydrogen (secondary N) is 1. The van der Waals surface area contributed by atoms with Gasteiger partial charge in [0.15, 0.2) is 0 Å². The van der Waals surface area contributed by atoms with Crippen LogP contribution in [0.5, 0.6) is 0 Å². The molecule has 4 rings (SSSR count). The van der Waals surface area contributed by atoms with Gasteiger partial charge in [-0.25, -0.2) is 9.97 Å². The van der Waals surface area contributed by atoms with Crippen LogP contribution in [0.15, 0.2) is 49.1 Å². The molecule has 132 valence electrons. The van der Waals surface area contributed by atoms with Gasteiger partial charge in [-0.05, 0) is 37.2 Å². The van der Waals surface area contributed by atoms with E-state index in [4.69, 9.17) is 0 Å². The van der Waals surface area contributed by atoms with Crippen LogP contribution in [0, 0.1) is 0 Å². The van der Waals surface area contributed by atoms with Gasteiger partial charge in [-0.2, -0.15) is 0 Å². The van der Waals surface area contributed by atoms with Crippen molar-refractivity contribution >= 4 is 5.69 Å². The molecule has 2 atom stereocenters. The van der Waals surface area contributed by atoms with E-state index in [-0.39, 0.29) is 0 Å². The highest BCUT2D eigenvalue weighted by atomic mass is 15.2. The van der Waals surface area contributed by atoms with Crippen molar-refractivity contribution in [1.29, 1.82) is 0 Å². The van der Waals surface area contributed by atoms with Gasteiger partial charge >= 0.3 is 0 Å². The van der Waals surface area contributed by atoms with E-state index in [1.165, 1.54) is 57.2 Å². The van der Waals surface area contributed by atoms with Crippen LogP contribution in [0.4, 0.5) is 5.69 Å². The molecule has 2 fully saturated rings. The average molecular weight is 336 g/mol. The highest BCUT2D eigenvalue weighted by Gasteiger charge is 2.33. The Labute approximate surface area is 150 Å². The maximum Gasteiger partial charge on any atom is 0.115 e. The summed E-state index contributed by atoms with van der Waals surface area (Å²) in [5.41, 5.74) is 2.58. The van der Waals surface area contributed by atoms with Crippen LogP contribution in [0.25, 0.3) is 0 Å². The van der Waals surface area contributed by atoms with Crippen LogP contribution < -0.4 is 5.32 Å². The van der Waals surface area contributed by atoms with Crippen LogP contribution in [0.3, 0.4) is 0 Å². The van der Waals surface area contributed by atoms with E-state index >= 15 is 0 Å². The maximum atomic E-state index is 4.10. The molecule has 1 saturated carbocycles. The Morgan fingerprint density at radius 3 is 2.36 bits per heavy atom. The van der Waals surface area contributed by atoms with Gasteiger partial charge in [0.1, 0.15) is 6.33 Å². The van der Waals surface area contributed by atoms with Gasteiger partial charge in [0.05, 0.1) is 18.1 Å². The van der Waals surface area contributed by atoms with Gasteiger partial charge < -0.3 is 5.32 Å². The van der Waals surface area contributed by atoms with E-state index in [2.05, 4.69) is 50.5 Å². The summed E-state index contributed by atoms with van der Waals surface area (Å²) in [6, 6.07) is 12.4. The zero-order chi connectivity index (χ0) is 16.9. The second kappa shape index (κ2) is 7.96. The van der Waals surface area contributed by atoms with E-state index in [9.17, 15) is 0 Å². The quantitative estimate of drug-likeness (QED) is 0.913. The summed E-state index contributed by atoms with van der Waals surface area (Å²) < 4.78 is 0. The molecule has 0 bridgehead atoms. The molecule has 4 nitrogen and oxygen atoms in total. The first-order chi connectivity index (χ1) is 12.4. The Balaban J connectivity index is 1.37. The second-order valence-corrected chi connectivity index (χ2v) is 7.45. The van der Waals surface area contributed by atoms with E-state index < -0.39 is 0 Å². The zero-order valence-electron chi connectivity index (χ0n) is 14.8. The SMILES string of the molecule is c1ccc(C2CCCCC2N2CCC(Nc3cncnc3)CC2)cc1. The number of aromatic nitrogens is 2. The summed E-state index contributed by atoms with van der Waals surface area (Å²) in [4.78, 5) is 11.0. The molecule has 0 radical (unpaired) electrons. The van der Waals surface area contributed by atoms with Gasteiger partial charge in [0.2, 0.25) is 0 Å². The van der Waals surface area contributed by atoms with Gasteiger partial charge in [-0.1, -0.05) is 43.2 Å². The monoisotopic (exact) mass is 336 g/mol. The number of likely N-dealkylation sites (tertiary alicyclic amines) is 1. The third-order valence-electron chi connectivity index (χ3n) is 5.89. The topological polar surface area (TPSA) is 41.0 Å². The van der Waals surface area contributed by atoms with Crippen molar-refractivity contribution in [3.63, 3.8) is 0 Å². The molecular weight excluding hydrogens is 308 g/mol. The Hall–Kier alpha value is -1.94. The zero-order valence-corrected chi connectivity index (χ0v) is 14.8. The molecule has 0 spiro atoms. The van der Waals surface area contributed by atoms with Crippen molar-refractivity contribution in [2.45, 2.75) is 56.5 Å². The fourth-order valence-electron chi connectivity index (χ4n) is 4.62. The van der Waals surface area contributed by atoms with Crippen LogP contribution >= 0.6 is 0 Å². The van der Waals surface area contributed by atoms with Crippen LogP contribution in [-0.4, -0.2) is 40.0 Å². The molecule has 1 aliphatic heterocycles. The Morgan fingerprint density at radius 1 is 0.880 bits per heavy atom. The highest BCUT2D eigenvalue weighted by molar-refractivity contribution is 5.38. The van der Waals surface area contributed by atoms with Gasteiger partial charge in [-0.15, -0.1) is 0 Å². The smallest absolute Gasteiger partial charge is 0.115 e. The molecule has 1 aliphatic carbocycles. The number of benzene rings is 1. The first kappa shape index (κ1) is 16.5. The van der Waals surface area contributed by atoms with E-state index in [1.54, 1.807) is 6.33 Å². The van der Waals surface area contributed by atoms with Crippen molar-refractivity contribution in [3.8, 4) is 0 Å². The number of piperidine rings is 1. The summed E-state index contributed by atoms with van der Waals surface area (Å²) in [5.74, 6) is 0.710. The molecule has 2 unspecified atom stereocenters. The number of anilines is 1. The summed E-state index contributed by atoms with van der Waals surface area (Å²) in [7, 11) is 0. The van der Waals surface area contributed by atoms with Crippen molar-refractivity contribution in [2.24, 2.45) is 0 Å². The Morgan fingerprint density at radius 2 is 1.60 bits per heavy atom. The van der Waals surface area contributed by atoms with Crippen molar-refractivity contribution in [1.82, 2.24) is 14.9 Å². The number of hydrogen-bond acceptors (Lipinski definition) is 4. The van der Waals surface area contributed by atoms with E-state index in [0.717, 1.165) is 11.7 Å². The molecule has 1 N–H and O–H groups in total. The summed E-state index contributed by atoms with van der Waals surface area (Å²) in [5, 5.41) is 3.60. The van der Waals surface area contributed by atoms with Gasteiger partial charge in [0, 0.05) is 25.2 Å². The molecular formula is C21H28N4. The first-order valence-corrected chi connectivity index (χ1v) is 9.71. The number of hydrogen-bond donors (Lipinski definition) is 1. The maximum absolute atomic E-state index is 4.10. The normalized spacial score (nSPS) is 25.6. The van der Waals surface area contributed by atoms with Crippen molar-refractivity contribution in [3.05, 3.63) is 54.6 Å². The lowest BCUT2D eigenvalue weighted by atomic mass is 9.78. The molecule has 2 aliphatic rings. The van der Waals surface area contributed by atoms with Crippen LogP contribution in [0.2, 0.25) is 0 Å². The minimum Gasteiger partial charge on any atom is -0.380 e. The largest absolute Gasteiger partial charge is 0.380 e. The first-order valence-electron chi connectivity index (χ1n) is 9.71. The number of rotatable bonds is 4. The predicted octanol–water partition coefficient (Wildman–Crippen LogP) is 4.08. The third-order valence-corrected chi connectivity index (χ3v) is 5.89. The summed E-state index contributed by atoms with van der Waals surface area (Å²) in [6.45, 7) is 2.39. The Bertz CT molecular complexity index is 637. The molecule has 2 aromatic rings. The van der Waals surface area contributed by atoms with Crippen molar-refractivity contribution in [2.75, 3.05) is 18.4 Å². The fraction of sp³-hybridized carbons (Fsp3) is 0.524. The minimum absolute atomic E-state index is 0.543. The predicted molar refractivity (Wildman–Crippen MR) is 102 cm³/mol. The lowest BCUT2D eigenvalue weighted by Crippen LogP contribution is -2.47. The second-order valence-electron chi connectivity index (χ2n) is 7.45. The van der Waals surface area contributed by atoms with Gasteiger partial charge in [-0.3, -0.25) is 4.90 Å². The molecule has 2 heterocycles. The fourth-order valence-corrected chi connectivity index (χ4v) is 4.62. The third kappa shape index (κ3) is 4.01.